The molecule has 0 aromatic heterocycles. The predicted molar refractivity (Wildman–Crippen MR) is 129 cm³/mol. The lowest BCUT2D eigenvalue weighted by Crippen LogP contribution is -2.27. The van der Waals surface area contributed by atoms with Crippen molar-refractivity contribution in [3.05, 3.63) is 98.4 Å². The molecular formula is C25H18BrF2NO4S. The van der Waals surface area contributed by atoms with Crippen molar-refractivity contribution in [1.29, 1.82) is 0 Å². The zero-order valence-electron chi connectivity index (χ0n) is 17.9. The molecule has 0 saturated carbocycles. The van der Waals surface area contributed by atoms with Crippen LogP contribution >= 0.6 is 27.7 Å². The fraction of sp³-hybridized carbons (Fsp3) is 0.120. The summed E-state index contributed by atoms with van der Waals surface area (Å²) in [6, 6.07) is 15.1. The van der Waals surface area contributed by atoms with Crippen LogP contribution in [0.1, 0.15) is 16.7 Å². The van der Waals surface area contributed by atoms with E-state index >= 15 is 0 Å². The van der Waals surface area contributed by atoms with Gasteiger partial charge in [0.05, 0.1) is 23.0 Å². The highest BCUT2D eigenvalue weighted by Crippen LogP contribution is 2.39. The van der Waals surface area contributed by atoms with E-state index in [0.29, 0.717) is 32.7 Å². The van der Waals surface area contributed by atoms with Crippen LogP contribution in [0.15, 0.2) is 70.0 Å². The molecule has 0 radical (unpaired) electrons. The monoisotopic (exact) mass is 545 g/mol. The van der Waals surface area contributed by atoms with Crippen molar-refractivity contribution in [1.82, 2.24) is 4.90 Å². The van der Waals surface area contributed by atoms with Crippen LogP contribution in [-0.2, 0) is 17.9 Å². The summed E-state index contributed by atoms with van der Waals surface area (Å²) in [4.78, 5) is 26.6. The molecule has 1 aliphatic rings. The Bertz CT molecular complexity index is 1280. The van der Waals surface area contributed by atoms with Gasteiger partial charge in [-0.2, -0.15) is 0 Å². The first kappa shape index (κ1) is 24.0. The molecule has 5 nitrogen and oxygen atoms in total. The maximum atomic E-state index is 13.4. The van der Waals surface area contributed by atoms with Gasteiger partial charge in [-0.1, -0.05) is 24.3 Å². The van der Waals surface area contributed by atoms with Crippen molar-refractivity contribution in [2.45, 2.75) is 13.2 Å². The maximum absolute atomic E-state index is 13.4. The van der Waals surface area contributed by atoms with Crippen LogP contribution in [-0.4, -0.2) is 23.2 Å². The number of hydrogen-bond acceptors (Lipinski definition) is 5. The van der Waals surface area contributed by atoms with Crippen molar-refractivity contribution in [2.75, 3.05) is 7.11 Å². The molecule has 174 valence electrons. The van der Waals surface area contributed by atoms with Gasteiger partial charge in [-0.15, -0.1) is 0 Å². The Balaban J connectivity index is 1.53. The van der Waals surface area contributed by atoms with Gasteiger partial charge in [-0.25, -0.2) is 8.78 Å². The molecule has 1 heterocycles. The first-order chi connectivity index (χ1) is 16.3. The number of imide groups is 1. The number of carbonyl (C=O) groups excluding carboxylic acids is 2. The maximum Gasteiger partial charge on any atom is 0.293 e. The standard InChI is InChI=1S/C25H18BrF2NO4S/c1-32-21-11-17(10-20(26)23(21)33-14-16-3-2-4-19(28)9-16)12-22-24(30)29(25(31)34-22)13-15-5-7-18(27)8-6-15/h2-12H,13-14H2,1H3/b22-12-. The number of thioether (sulfide) groups is 1. The molecule has 0 N–H and O–H groups in total. The van der Waals surface area contributed by atoms with Crippen LogP contribution in [0.25, 0.3) is 6.08 Å². The second-order valence-electron chi connectivity index (χ2n) is 7.35. The van der Waals surface area contributed by atoms with Gasteiger partial charge in [0.2, 0.25) is 0 Å². The number of methoxy groups -OCH3 is 1. The molecule has 1 aliphatic heterocycles. The fourth-order valence-electron chi connectivity index (χ4n) is 3.31. The Kier molecular flexibility index (Phi) is 7.33. The van der Waals surface area contributed by atoms with Gasteiger partial charge < -0.3 is 9.47 Å². The van der Waals surface area contributed by atoms with Gasteiger partial charge in [-0.3, -0.25) is 14.5 Å². The third-order valence-electron chi connectivity index (χ3n) is 4.95. The normalized spacial score (nSPS) is 14.7. The lowest BCUT2D eigenvalue weighted by molar-refractivity contribution is -0.123. The average molecular weight is 546 g/mol. The number of rotatable bonds is 7. The molecule has 4 rings (SSSR count). The molecule has 3 aromatic rings. The van der Waals surface area contributed by atoms with E-state index in [1.165, 1.54) is 43.5 Å². The molecule has 0 spiro atoms. The SMILES string of the molecule is COc1cc(/C=C2\SC(=O)N(Cc3ccc(F)cc3)C2=O)cc(Br)c1OCc1cccc(F)c1. The molecule has 1 saturated heterocycles. The fourth-order valence-corrected chi connectivity index (χ4v) is 4.72. The Labute approximate surface area is 207 Å². The molecular weight excluding hydrogens is 528 g/mol. The number of halogens is 3. The lowest BCUT2D eigenvalue weighted by Gasteiger charge is -2.14. The molecule has 0 unspecified atom stereocenters. The highest BCUT2D eigenvalue weighted by atomic mass is 79.9. The lowest BCUT2D eigenvalue weighted by atomic mass is 10.1. The second-order valence-corrected chi connectivity index (χ2v) is 9.19. The molecule has 2 amide bonds. The summed E-state index contributed by atoms with van der Waals surface area (Å²) in [5.41, 5.74) is 1.93. The van der Waals surface area contributed by atoms with E-state index < -0.39 is 11.1 Å². The number of carbonyl (C=O) groups is 2. The highest BCUT2D eigenvalue weighted by molar-refractivity contribution is 9.10. The minimum atomic E-state index is -0.430. The van der Waals surface area contributed by atoms with Gasteiger partial charge in [0, 0.05) is 0 Å². The van der Waals surface area contributed by atoms with Gasteiger partial charge in [0.25, 0.3) is 11.1 Å². The Morgan fingerprint density at radius 2 is 1.76 bits per heavy atom. The number of nitrogens with zero attached hydrogens (tertiary/aromatic N) is 1. The molecule has 34 heavy (non-hydrogen) atoms. The van der Waals surface area contributed by atoms with Crippen LogP contribution < -0.4 is 9.47 Å². The van der Waals surface area contributed by atoms with Crippen LogP contribution in [0.5, 0.6) is 11.5 Å². The van der Waals surface area contributed by atoms with E-state index in [1.807, 2.05) is 0 Å². The molecule has 0 aliphatic carbocycles. The van der Waals surface area contributed by atoms with E-state index in [2.05, 4.69) is 15.9 Å². The van der Waals surface area contributed by atoms with Gasteiger partial charge >= 0.3 is 0 Å². The second kappa shape index (κ2) is 10.4. The first-order valence-corrected chi connectivity index (χ1v) is 11.7. The van der Waals surface area contributed by atoms with E-state index in [-0.39, 0.29) is 29.7 Å². The molecule has 1 fully saturated rings. The first-order valence-electron chi connectivity index (χ1n) is 10.1. The zero-order chi connectivity index (χ0) is 24.2. The molecule has 0 atom stereocenters. The van der Waals surface area contributed by atoms with Crippen LogP contribution in [0, 0.1) is 11.6 Å². The Morgan fingerprint density at radius 1 is 1.00 bits per heavy atom. The third kappa shape index (κ3) is 5.48. The van der Waals surface area contributed by atoms with Crippen LogP contribution in [0.3, 0.4) is 0 Å². The van der Waals surface area contributed by atoms with Crippen molar-refractivity contribution in [2.24, 2.45) is 0 Å². The van der Waals surface area contributed by atoms with Crippen molar-refractivity contribution >= 4 is 44.9 Å². The minimum absolute atomic E-state index is 0.0577. The molecule has 9 heteroatoms. The summed E-state index contributed by atoms with van der Waals surface area (Å²) in [7, 11) is 1.48. The summed E-state index contributed by atoms with van der Waals surface area (Å²) >= 11 is 4.29. The molecule has 0 bridgehead atoms. The smallest absolute Gasteiger partial charge is 0.293 e. The van der Waals surface area contributed by atoms with Gasteiger partial charge in [0.1, 0.15) is 18.2 Å². The zero-order valence-corrected chi connectivity index (χ0v) is 20.3. The van der Waals surface area contributed by atoms with Gasteiger partial charge in [0.15, 0.2) is 11.5 Å². The Hall–Kier alpha value is -3.17. The van der Waals surface area contributed by atoms with Crippen LogP contribution in [0.4, 0.5) is 13.6 Å². The highest BCUT2D eigenvalue weighted by Gasteiger charge is 2.35. The summed E-state index contributed by atoms with van der Waals surface area (Å²) in [5.74, 6) is -0.340. The minimum Gasteiger partial charge on any atom is -0.493 e. The number of ether oxygens (including phenoxy) is 2. The largest absolute Gasteiger partial charge is 0.493 e. The van der Waals surface area contributed by atoms with E-state index in [4.69, 9.17) is 9.47 Å². The number of benzene rings is 3. The van der Waals surface area contributed by atoms with Crippen molar-refractivity contribution < 1.29 is 27.8 Å². The van der Waals surface area contributed by atoms with Gasteiger partial charge in [-0.05, 0) is 86.9 Å². The predicted octanol–water partition coefficient (Wildman–Crippen LogP) is 6.55. The number of hydrogen-bond donors (Lipinski definition) is 0. The summed E-state index contributed by atoms with van der Waals surface area (Å²) < 4.78 is 38.4. The summed E-state index contributed by atoms with van der Waals surface area (Å²) in [5, 5.41) is -0.401. The number of amides is 2. The van der Waals surface area contributed by atoms with Crippen LogP contribution in [0.2, 0.25) is 0 Å². The quantitative estimate of drug-likeness (QED) is 0.315. The van der Waals surface area contributed by atoms with E-state index in [1.54, 1.807) is 30.3 Å². The van der Waals surface area contributed by atoms with E-state index in [9.17, 15) is 18.4 Å². The summed E-state index contributed by atoms with van der Waals surface area (Å²) in [6.07, 6.45) is 1.60. The summed E-state index contributed by atoms with van der Waals surface area (Å²) in [6.45, 7) is 0.191. The van der Waals surface area contributed by atoms with Crippen molar-refractivity contribution in [3.8, 4) is 11.5 Å². The Morgan fingerprint density at radius 3 is 2.47 bits per heavy atom. The van der Waals surface area contributed by atoms with E-state index in [0.717, 1.165) is 16.7 Å². The van der Waals surface area contributed by atoms with Crippen molar-refractivity contribution in [3.63, 3.8) is 0 Å². The average Bonchev–Trinajstić information content (AvgIpc) is 3.06. The topological polar surface area (TPSA) is 55.8 Å². The third-order valence-corrected chi connectivity index (χ3v) is 6.45. The molecule has 3 aromatic carbocycles.